The Morgan fingerprint density at radius 1 is 0.765 bits per heavy atom. The van der Waals surface area contributed by atoms with Gasteiger partial charge < -0.3 is 0 Å². The summed E-state index contributed by atoms with van der Waals surface area (Å²) in [5, 5.41) is 0. The van der Waals surface area contributed by atoms with Crippen LogP contribution in [0.5, 0.6) is 0 Å². The molecule has 1 heteroatoms. The Bertz CT molecular complexity index is 472. The van der Waals surface area contributed by atoms with Crippen LogP contribution in [0.4, 0.5) is 4.39 Å². The molecule has 0 saturated heterocycles. The van der Waals surface area contributed by atoms with Gasteiger partial charge in [-0.25, -0.2) is 4.39 Å². The quantitative estimate of drug-likeness (QED) is 0.690. The first-order chi connectivity index (χ1) is 8.27. The van der Waals surface area contributed by atoms with E-state index in [9.17, 15) is 4.39 Å². The summed E-state index contributed by atoms with van der Waals surface area (Å²) in [7, 11) is 0. The normalized spacial score (nSPS) is 8.76. The van der Waals surface area contributed by atoms with Crippen LogP contribution in [-0.4, -0.2) is 0 Å². The van der Waals surface area contributed by atoms with E-state index in [-0.39, 0.29) is 5.82 Å². The van der Waals surface area contributed by atoms with E-state index in [1.807, 2.05) is 36.4 Å². The summed E-state index contributed by atoms with van der Waals surface area (Å²) in [6.07, 6.45) is 3.33. The van der Waals surface area contributed by atoms with Gasteiger partial charge in [0.2, 0.25) is 0 Å². The topological polar surface area (TPSA) is 0 Å². The summed E-state index contributed by atoms with van der Waals surface area (Å²) in [6.45, 7) is 7.08. The molecule has 0 atom stereocenters. The van der Waals surface area contributed by atoms with Crippen LogP contribution in [0.2, 0.25) is 0 Å². The second-order valence-corrected chi connectivity index (χ2v) is 3.34. The van der Waals surface area contributed by atoms with Crippen molar-refractivity contribution in [3.63, 3.8) is 0 Å². The second kappa shape index (κ2) is 7.18. The van der Waals surface area contributed by atoms with E-state index in [1.165, 1.54) is 17.7 Å². The molecule has 0 spiro atoms. The first kappa shape index (κ1) is 12.9. The van der Waals surface area contributed by atoms with Gasteiger partial charge >= 0.3 is 0 Å². The lowest BCUT2D eigenvalue weighted by Gasteiger charge is -1.91. The predicted molar refractivity (Wildman–Crippen MR) is 73.0 cm³/mol. The number of rotatable bonds is 2. The third kappa shape index (κ3) is 4.47. The lowest BCUT2D eigenvalue weighted by Crippen LogP contribution is -1.76. The molecule has 0 saturated carbocycles. The average molecular weight is 226 g/mol. The van der Waals surface area contributed by atoms with Crippen molar-refractivity contribution in [2.75, 3.05) is 0 Å². The zero-order valence-electron chi connectivity index (χ0n) is 9.64. The van der Waals surface area contributed by atoms with Gasteiger partial charge in [-0.2, -0.15) is 0 Å². The van der Waals surface area contributed by atoms with Gasteiger partial charge in [0.15, 0.2) is 0 Å². The van der Waals surface area contributed by atoms with Crippen molar-refractivity contribution in [3.05, 3.63) is 84.7 Å². The third-order valence-corrected chi connectivity index (χ3v) is 2.16. The highest BCUT2D eigenvalue weighted by Crippen LogP contribution is 2.05. The molecule has 2 aromatic rings. The standard InChI is InChI=1S/C8H7F.C8H8/c1-2-7-5-3-4-6-8(7)9;1-2-8-6-4-3-5-7-8/h2-6H,1H2;2-7H,1H2. The van der Waals surface area contributed by atoms with E-state index in [4.69, 9.17) is 0 Å². The molecule has 0 unspecified atom stereocenters. The van der Waals surface area contributed by atoms with Crippen LogP contribution in [0.3, 0.4) is 0 Å². The summed E-state index contributed by atoms with van der Waals surface area (Å²) < 4.78 is 12.5. The van der Waals surface area contributed by atoms with Crippen LogP contribution in [-0.2, 0) is 0 Å². The Labute approximate surface area is 102 Å². The van der Waals surface area contributed by atoms with E-state index < -0.39 is 0 Å². The highest BCUT2D eigenvalue weighted by molar-refractivity contribution is 5.47. The summed E-state index contributed by atoms with van der Waals surface area (Å²) in [6, 6.07) is 16.6. The Kier molecular flexibility index (Phi) is 5.45. The molecule has 0 aromatic heterocycles. The third-order valence-electron chi connectivity index (χ3n) is 2.16. The van der Waals surface area contributed by atoms with E-state index in [1.54, 1.807) is 18.2 Å². The van der Waals surface area contributed by atoms with Gasteiger partial charge in [0.05, 0.1) is 0 Å². The van der Waals surface area contributed by atoms with Gasteiger partial charge in [0, 0.05) is 5.56 Å². The number of halogens is 1. The van der Waals surface area contributed by atoms with Gasteiger partial charge in [0.25, 0.3) is 0 Å². The summed E-state index contributed by atoms with van der Waals surface area (Å²) in [5.74, 6) is -0.215. The fraction of sp³-hybridized carbons (Fsp3) is 0. The van der Waals surface area contributed by atoms with Crippen molar-refractivity contribution in [2.45, 2.75) is 0 Å². The highest BCUT2D eigenvalue weighted by atomic mass is 19.1. The van der Waals surface area contributed by atoms with Crippen molar-refractivity contribution in [2.24, 2.45) is 0 Å². The van der Waals surface area contributed by atoms with Crippen LogP contribution in [0, 0.1) is 5.82 Å². The maximum Gasteiger partial charge on any atom is 0.130 e. The SMILES string of the molecule is C=Cc1ccccc1.C=Cc1ccccc1F. The molecule has 2 aromatic carbocycles. The van der Waals surface area contributed by atoms with E-state index in [0.717, 1.165) is 0 Å². The van der Waals surface area contributed by atoms with Crippen LogP contribution < -0.4 is 0 Å². The minimum atomic E-state index is -0.215. The van der Waals surface area contributed by atoms with E-state index >= 15 is 0 Å². The van der Waals surface area contributed by atoms with Gasteiger partial charge in [-0.15, -0.1) is 0 Å². The molecule has 86 valence electrons. The number of hydrogen-bond donors (Lipinski definition) is 0. The fourth-order valence-corrected chi connectivity index (χ4v) is 1.23. The zero-order chi connectivity index (χ0) is 12.5. The van der Waals surface area contributed by atoms with E-state index in [0.29, 0.717) is 5.56 Å². The molecule has 0 N–H and O–H groups in total. The van der Waals surface area contributed by atoms with Crippen molar-refractivity contribution in [1.82, 2.24) is 0 Å². The molecule has 0 aliphatic heterocycles. The largest absolute Gasteiger partial charge is 0.206 e. The highest BCUT2D eigenvalue weighted by Gasteiger charge is 1.91. The molecule has 0 aliphatic carbocycles. The van der Waals surface area contributed by atoms with Crippen LogP contribution in [0.1, 0.15) is 11.1 Å². The number of benzene rings is 2. The lowest BCUT2D eigenvalue weighted by molar-refractivity contribution is 0.625. The van der Waals surface area contributed by atoms with Gasteiger partial charge in [-0.3, -0.25) is 0 Å². The Morgan fingerprint density at radius 2 is 1.35 bits per heavy atom. The minimum Gasteiger partial charge on any atom is -0.206 e. The summed E-state index contributed by atoms with van der Waals surface area (Å²) >= 11 is 0. The zero-order valence-corrected chi connectivity index (χ0v) is 9.64. The summed E-state index contributed by atoms with van der Waals surface area (Å²) in [4.78, 5) is 0. The minimum absolute atomic E-state index is 0.215. The molecule has 0 aliphatic rings. The van der Waals surface area contributed by atoms with Gasteiger partial charge in [-0.1, -0.05) is 73.8 Å². The van der Waals surface area contributed by atoms with Gasteiger partial charge in [0.1, 0.15) is 5.82 Å². The first-order valence-electron chi connectivity index (χ1n) is 5.32. The second-order valence-electron chi connectivity index (χ2n) is 3.34. The maximum atomic E-state index is 12.5. The smallest absolute Gasteiger partial charge is 0.130 e. The molecule has 0 heterocycles. The molecule has 17 heavy (non-hydrogen) atoms. The van der Waals surface area contributed by atoms with Crippen LogP contribution >= 0.6 is 0 Å². The lowest BCUT2D eigenvalue weighted by atomic mass is 10.2. The molecule has 0 bridgehead atoms. The van der Waals surface area contributed by atoms with Crippen molar-refractivity contribution >= 4 is 12.2 Å². The van der Waals surface area contributed by atoms with Crippen molar-refractivity contribution in [1.29, 1.82) is 0 Å². The predicted octanol–water partition coefficient (Wildman–Crippen LogP) is 4.80. The summed E-state index contributed by atoms with van der Waals surface area (Å²) in [5.41, 5.74) is 1.73. The van der Waals surface area contributed by atoms with E-state index in [2.05, 4.69) is 13.2 Å². The average Bonchev–Trinajstić information content (AvgIpc) is 2.41. The van der Waals surface area contributed by atoms with Gasteiger partial charge in [-0.05, 0) is 11.6 Å². The molecule has 0 fully saturated rings. The molecule has 0 amide bonds. The number of hydrogen-bond acceptors (Lipinski definition) is 0. The Morgan fingerprint density at radius 3 is 1.76 bits per heavy atom. The Hall–Kier alpha value is -2.15. The fourth-order valence-electron chi connectivity index (χ4n) is 1.23. The molecular formula is C16H15F. The van der Waals surface area contributed by atoms with Crippen molar-refractivity contribution in [3.8, 4) is 0 Å². The maximum absolute atomic E-state index is 12.5. The molecule has 0 radical (unpaired) electrons. The monoisotopic (exact) mass is 226 g/mol. The molecule has 0 nitrogen and oxygen atoms in total. The molecular weight excluding hydrogens is 211 g/mol. The van der Waals surface area contributed by atoms with Crippen molar-refractivity contribution < 1.29 is 4.39 Å². The first-order valence-corrected chi connectivity index (χ1v) is 5.32. The van der Waals surface area contributed by atoms with Crippen LogP contribution in [0.15, 0.2) is 67.8 Å². The van der Waals surface area contributed by atoms with Crippen LogP contribution in [0.25, 0.3) is 12.2 Å². The Balaban J connectivity index is 0.000000171. The molecule has 2 rings (SSSR count).